The van der Waals surface area contributed by atoms with Crippen molar-refractivity contribution in [1.82, 2.24) is 9.97 Å². The minimum atomic E-state index is 0.377. The van der Waals surface area contributed by atoms with Gasteiger partial charge in [-0.2, -0.15) is 4.98 Å². The lowest BCUT2D eigenvalue weighted by molar-refractivity contribution is 1.12. The zero-order valence-electron chi connectivity index (χ0n) is 9.24. The summed E-state index contributed by atoms with van der Waals surface area (Å²) in [6.07, 6.45) is 1.63. The number of rotatable bonds is 3. The molecule has 2 rings (SSSR count). The van der Waals surface area contributed by atoms with E-state index in [0.29, 0.717) is 11.8 Å². The Morgan fingerprint density at radius 1 is 1.29 bits per heavy atom. The Morgan fingerprint density at radius 2 is 2.12 bits per heavy atom. The molecule has 2 aromatic rings. The van der Waals surface area contributed by atoms with Crippen molar-refractivity contribution in [3.63, 3.8) is 0 Å². The molecule has 0 saturated carbocycles. The van der Waals surface area contributed by atoms with Gasteiger partial charge in [-0.05, 0) is 36.8 Å². The molecular weight excluding hydrogens is 282 g/mol. The summed E-state index contributed by atoms with van der Waals surface area (Å²) in [5.74, 6) is 6.31. The van der Waals surface area contributed by atoms with E-state index in [1.807, 2.05) is 25.1 Å². The third-order valence-electron chi connectivity index (χ3n) is 2.10. The summed E-state index contributed by atoms with van der Waals surface area (Å²) in [5, 5.41) is 3.18. The van der Waals surface area contributed by atoms with Crippen LogP contribution in [0.1, 0.15) is 5.56 Å². The van der Waals surface area contributed by atoms with Gasteiger partial charge in [0.15, 0.2) is 0 Å². The van der Waals surface area contributed by atoms with Crippen LogP contribution in [-0.4, -0.2) is 9.97 Å². The van der Waals surface area contributed by atoms with Crippen LogP contribution in [0.4, 0.5) is 17.5 Å². The van der Waals surface area contributed by atoms with E-state index in [4.69, 9.17) is 5.84 Å². The quantitative estimate of drug-likeness (QED) is 0.599. The van der Waals surface area contributed by atoms with Gasteiger partial charge < -0.3 is 5.32 Å². The van der Waals surface area contributed by atoms with Crippen LogP contribution < -0.4 is 16.6 Å². The van der Waals surface area contributed by atoms with Crippen molar-refractivity contribution >= 4 is 33.4 Å². The van der Waals surface area contributed by atoms with Crippen LogP contribution in [0.5, 0.6) is 0 Å². The average molecular weight is 294 g/mol. The zero-order chi connectivity index (χ0) is 12.3. The number of halogens is 1. The third-order valence-corrected chi connectivity index (χ3v) is 2.56. The molecule has 0 amide bonds. The fourth-order valence-electron chi connectivity index (χ4n) is 1.45. The summed E-state index contributed by atoms with van der Waals surface area (Å²) in [4.78, 5) is 8.11. The molecule has 0 saturated heterocycles. The van der Waals surface area contributed by atoms with E-state index in [2.05, 4.69) is 36.6 Å². The van der Waals surface area contributed by atoms with Crippen molar-refractivity contribution in [2.75, 3.05) is 10.7 Å². The van der Waals surface area contributed by atoms with Crippen molar-refractivity contribution in [1.29, 1.82) is 0 Å². The zero-order valence-corrected chi connectivity index (χ0v) is 10.8. The standard InChI is InChI=1S/C11H12BrN5/c1-7-4-8(12)6-9(5-7)15-10-2-3-14-11(16-10)17-13/h2-6H,13H2,1H3,(H2,14,15,16,17). The Morgan fingerprint density at radius 3 is 2.82 bits per heavy atom. The maximum absolute atomic E-state index is 5.25. The summed E-state index contributed by atoms with van der Waals surface area (Å²) >= 11 is 3.45. The fourth-order valence-corrected chi connectivity index (χ4v) is 2.06. The number of nitrogens with one attached hydrogen (secondary N) is 2. The summed E-state index contributed by atoms with van der Waals surface area (Å²) in [6, 6.07) is 7.82. The van der Waals surface area contributed by atoms with Gasteiger partial charge in [0.2, 0.25) is 5.95 Å². The lowest BCUT2D eigenvalue weighted by atomic mass is 10.2. The monoisotopic (exact) mass is 293 g/mol. The molecule has 4 N–H and O–H groups in total. The van der Waals surface area contributed by atoms with E-state index in [1.165, 1.54) is 0 Å². The smallest absolute Gasteiger partial charge is 0.239 e. The number of nitrogen functional groups attached to an aromatic ring is 1. The molecule has 0 atom stereocenters. The van der Waals surface area contributed by atoms with Gasteiger partial charge >= 0.3 is 0 Å². The number of benzene rings is 1. The number of hydrazine groups is 1. The molecule has 88 valence electrons. The normalized spacial score (nSPS) is 10.1. The second kappa shape index (κ2) is 5.11. The van der Waals surface area contributed by atoms with Crippen molar-refractivity contribution in [3.8, 4) is 0 Å². The minimum Gasteiger partial charge on any atom is -0.340 e. The molecule has 0 unspecified atom stereocenters. The number of hydrogen-bond acceptors (Lipinski definition) is 5. The summed E-state index contributed by atoms with van der Waals surface area (Å²) in [5.41, 5.74) is 4.52. The van der Waals surface area contributed by atoms with Crippen molar-refractivity contribution in [2.45, 2.75) is 6.92 Å². The first-order valence-corrected chi connectivity index (χ1v) is 5.80. The average Bonchev–Trinajstić information content (AvgIpc) is 2.28. The first-order valence-electron chi connectivity index (χ1n) is 5.01. The molecule has 0 aliphatic rings. The van der Waals surface area contributed by atoms with Gasteiger partial charge in [-0.15, -0.1) is 0 Å². The Balaban J connectivity index is 2.24. The van der Waals surface area contributed by atoms with E-state index in [-0.39, 0.29) is 0 Å². The van der Waals surface area contributed by atoms with E-state index in [0.717, 1.165) is 15.7 Å². The molecule has 0 spiro atoms. The lowest BCUT2D eigenvalue weighted by Gasteiger charge is -2.08. The molecular formula is C11H12BrN5. The van der Waals surface area contributed by atoms with Crippen LogP contribution in [0, 0.1) is 6.92 Å². The molecule has 6 heteroatoms. The lowest BCUT2D eigenvalue weighted by Crippen LogP contribution is -2.10. The first-order chi connectivity index (χ1) is 8.17. The maximum atomic E-state index is 5.25. The number of hydrogen-bond donors (Lipinski definition) is 3. The number of nitrogens with zero attached hydrogens (tertiary/aromatic N) is 2. The molecule has 0 aliphatic carbocycles. The Kier molecular flexibility index (Phi) is 3.55. The van der Waals surface area contributed by atoms with Gasteiger partial charge in [0.05, 0.1) is 0 Å². The van der Waals surface area contributed by atoms with E-state index >= 15 is 0 Å². The third kappa shape index (κ3) is 3.15. The summed E-state index contributed by atoms with van der Waals surface area (Å²) in [6.45, 7) is 2.03. The molecule has 0 aliphatic heterocycles. The fraction of sp³-hybridized carbons (Fsp3) is 0.0909. The van der Waals surface area contributed by atoms with Crippen LogP contribution in [-0.2, 0) is 0 Å². The number of aromatic nitrogens is 2. The number of aryl methyl sites for hydroxylation is 1. The van der Waals surface area contributed by atoms with Gasteiger partial charge in [-0.1, -0.05) is 15.9 Å². The van der Waals surface area contributed by atoms with E-state index in [9.17, 15) is 0 Å². The highest BCUT2D eigenvalue weighted by atomic mass is 79.9. The van der Waals surface area contributed by atoms with Crippen LogP contribution >= 0.6 is 15.9 Å². The van der Waals surface area contributed by atoms with Gasteiger partial charge in [0, 0.05) is 16.4 Å². The largest absolute Gasteiger partial charge is 0.340 e. The summed E-state index contributed by atoms with van der Waals surface area (Å²) in [7, 11) is 0. The second-order valence-corrected chi connectivity index (χ2v) is 4.47. The summed E-state index contributed by atoms with van der Waals surface area (Å²) < 4.78 is 1.02. The van der Waals surface area contributed by atoms with Crippen LogP contribution in [0.2, 0.25) is 0 Å². The molecule has 1 heterocycles. The second-order valence-electron chi connectivity index (χ2n) is 3.55. The highest BCUT2D eigenvalue weighted by molar-refractivity contribution is 9.10. The van der Waals surface area contributed by atoms with Gasteiger partial charge in [0.25, 0.3) is 0 Å². The molecule has 1 aromatic heterocycles. The van der Waals surface area contributed by atoms with Crippen LogP contribution in [0.15, 0.2) is 34.9 Å². The first kappa shape index (κ1) is 11.8. The topological polar surface area (TPSA) is 75.9 Å². The van der Waals surface area contributed by atoms with Crippen LogP contribution in [0.25, 0.3) is 0 Å². The Labute approximate surface area is 108 Å². The molecule has 1 aromatic carbocycles. The van der Waals surface area contributed by atoms with Gasteiger partial charge in [0.1, 0.15) is 5.82 Å². The predicted molar refractivity (Wildman–Crippen MR) is 72.0 cm³/mol. The Hall–Kier alpha value is -1.66. The highest BCUT2D eigenvalue weighted by Crippen LogP contribution is 2.21. The molecule has 0 fully saturated rings. The molecule has 5 nitrogen and oxygen atoms in total. The number of anilines is 3. The predicted octanol–water partition coefficient (Wildman–Crippen LogP) is 2.58. The van der Waals surface area contributed by atoms with Gasteiger partial charge in [-0.3, -0.25) is 5.43 Å². The number of nitrogens with two attached hydrogens (primary N) is 1. The molecule has 0 radical (unpaired) electrons. The van der Waals surface area contributed by atoms with Crippen molar-refractivity contribution in [2.24, 2.45) is 5.84 Å². The van der Waals surface area contributed by atoms with E-state index in [1.54, 1.807) is 12.3 Å². The van der Waals surface area contributed by atoms with E-state index < -0.39 is 0 Å². The van der Waals surface area contributed by atoms with Gasteiger partial charge in [-0.25, -0.2) is 10.8 Å². The molecule has 17 heavy (non-hydrogen) atoms. The maximum Gasteiger partial charge on any atom is 0.239 e. The van der Waals surface area contributed by atoms with Crippen LogP contribution in [0.3, 0.4) is 0 Å². The molecule has 0 bridgehead atoms. The minimum absolute atomic E-state index is 0.377. The van der Waals surface area contributed by atoms with Crippen molar-refractivity contribution in [3.05, 3.63) is 40.5 Å². The van der Waals surface area contributed by atoms with Crippen molar-refractivity contribution < 1.29 is 0 Å². The SMILES string of the molecule is Cc1cc(Br)cc(Nc2ccnc(NN)n2)c1. The Bertz CT molecular complexity index is 509. The highest BCUT2D eigenvalue weighted by Gasteiger charge is 2.00.